The number of nitrogens with zero attached hydrogens (tertiary/aromatic N) is 4. The number of fused-ring (bicyclic) bond motifs is 2. The minimum atomic E-state index is -0.659. The van der Waals surface area contributed by atoms with Crippen molar-refractivity contribution in [2.45, 2.75) is 128 Å². The molecule has 58 heavy (non-hydrogen) atoms. The van der Waals surface area contributed by atoms with Crippen LogP contribution in [0, 0.1) is 17.8 Å². The van der Waals surface area contributed by atoms with Gasteiger partial charge in [0.25, 0.3) is 0 Å². The Morgan fingerprint density at radius 2 is 1.78 bits per heavy atom. The zero-order valence-corrected chi connectivity index (χ0v) is 35.4. The Balaban J connectivity index is 0.927. The number of rotatable bonds is 15. The summed E-state index contributed by atoms with van der Waals surface area (Å²) in [7, 11) is 3.32. The van der Waals surface area contributed by atoms with Crippen molar-refractivity contribution in [1.29, 1.82) is 0 Å². The van der Waals surface area contributed by atoms with Gasteiger partial charge in [-0.05, 0) is 106 Å². The highest BCUT2D eigenvalue weighted by molar-refractivity contribution is 5.94. The monoisotopic (exact) mass is 793 g/mol. The number of hydrogen-bond acceptors (Lipinski definition) is 10. The molecule has 4 aliphatic rings. The molecule has 2 aromatic heterocycles. The summed E-state index contributed by atoms with van der Waals surface area (Å²) in [5.41, 5.74) is 10.6. The molecule has 2 aromatic carbocycles. The highest BCUT2D eigenvalue weighted by Crippen LogP contribution is 2.49. The fraction of sp³-hybridized carbons (Fsp3) is 0.587. The summed E-state index contributed by atoms with van der Waals surface area (Å²) in [5.74, 6) is 3.30. The van der Waals surface area contributed by atoms with Gasteiger partial charge in [-0.25, -0.2) is 9.97 Å². The van der Waals surface area contributed by atoms with Crippen LogP contribution in [0.3, 0.4) is 0 Å². The Kier molecular flexibility index (Phi) is 11.4. The highest BCUT2D eigenvalue weighted by atomic mass is 16.8. The molecule has 8 rings (SSSR count). The number of aromatic nitrogens is 3. The van der Waals surface area contributed by atoms with Crippen LogP contribution in [-0.2, 0) is 26.2 Å². The first kappa shape index (κ1) is 40.4. The Labute approximate surface area is 343 Å². The molecule has 0 bridgehead atoms. The van der Waals surface area contributed by atoms with E-state index in [0.717, 1.165) is 84.2 Å². The van der Waals surface area contributed by atoms with E-state index in [-0.39, 0.29) is 29.6 Å². The van der Waals surface area contributed by atoms with E-state index >= 15 is 0 Å². The molecule has 1 amide bonds. The molecule has 0 spiro atoms. The van der Waals surface area contributed by atoms with Crippen LogP contribution in [0.4, 0.5) is 17.2 Å². The lowest BCUT2D eigenvalue weighted by Gasteiger charge is -2.46. The Morgan fingerprint density at radius 1 is 0.983 bits per heavy atom. The van der Waals surface area contributed by atoms with Crippen LogP contribution in [0.5, 0.6) is 11.5 Å². The van der Waals surface area contributed by atoms with Gasteiger partial charge in [-0.2, -0.15) is 0 Å². The number of anilines is 3. The van der Waals surface area contributed by atoms with Crippen LogP contribution < -0.4 is 25.8 Å². The van der Waals surface area contributed by atoms with E-state index in [2.05, 4.69) is 58.1 Å². The molecule has 4 atom stereocenters. The zero-order valence-electron chi connectivity index (χ0n) is 35.4. The molecule has 0 radical (unpaired) electrons. The van der Waals surface area contributed by atoms with E-state index in [0.29, 0.717) is 42.2 Å². The SMILES string of the molecule is COc1ccc(CNc2ncnc3c2ccn3C2CC(CN(CC3CCC3)C3CC(CCC(=O)Nc4cc(C(C)(C)C)ccc4N)C3)C3OC(C)(C)OC32)c(OC)c1. The van der Waals surface area contributed by atoms with Gasteiger partial charge >= 0.3 is 0 Å². The van der Waals surface area contributed by atoms with Crippen LogP contribution in [0.1, 0.15) is 103 Å². The zero-order chi connectivity index (χ0) is 40.8. The van der Waals surface area contributed by atoms with E-state index in [9.17, 15) is 4.79 Å². The second kappa shape index (κ2) is 16.3. The van der Waals surface area contributed by atoms with Gasteiger partial charge < -0.3 is 39.9 Å². The van der Waals surface area contributed by atoms with Gasteiger partial charge in [0.1, 0.15) is 35.4 Å². The van der Waals surface area contributed by atoms with Crippen molar-refractivity contribution in [2.24, 2.45) is 17.8 Å². The lowest BCUT2D eigenvalue weighted by atomic mass is 9.75. The topological polar surface area (TPSA) is 138 Å². The minimum Gasteiger partial charge on any atom is -0.497 e. The molecular formula is C46H63N7O5. The maximum Gasteiger partial charge on any atom is 0.224 e. The van der Waals surface area contributed by atoms with Crippen LogP contribution in [0.25, 0.3) is 11.0 Å². The number of nitrogens with two attached hydrogens (primary N) is 1. The van der Waals surface area contributed by atoms with Crippen molar-refractivity contribution in [3.63, 3.8) is 0 Å². The predicted octanol–water partition coefficient (Wildman–Crippen LogP) is 8.32. The smallest absolute Gasteiger partial charge is 0.224 e. The molecule has 12 heteroatoms. The second-order valence-electron chi connectivity index (χ2n) is 18.7. The van der Waals surface area contributed by atoms with Gasteiger partial charge in [-0.1, -0.05) is 33.3 Å². The van der Waals surface area contributed by atoms with E-state index in [4.69, 9.17) is 29.7 Å². The summed E-state index contributed by atoms with van der Waals surface area (Å²) in [4.78, 5) is 25.3. The number of amides is 1. The largest absolute Gasteiger partial charge is 0.497 e. The number of nitrogens with one attached hydrogen (secondary N) is 2. The van der Waals surface area contributed by atoms with Gasteiger partial charge in [-0.3, -0.25) is 9.69 Å². The first-order chi connectivity index (χ1) is 27.8. The third-order valence-electron chi connectivity index (χ3n) is 13.2. The summed E-state index contributed by atoms with van der Waals surface area (Å²) < 4.78 is 26.8. The number of methoxy groups -OCH3 is 2. The van der Waals surface area contributed by atoms with E-state index in [1.807, 2.05) is 50.2 Å². The van der Waals surface area contributed by atoms with Crippen molar-refractivity contribution in [3.05, 3.63) is 66.1 Å². The van der Waals surface area contributed by atoms with E-state index in [1.165, 1.54) is 19.3 Å². The maximum atomic E-state index is 13.1. The average molecular weight is 794 g/mol. The normalized spacial score (nSPS) is 25.3. The van der Waals surface area contributed by atoms with Crippen molar-refractivity contribution < 1.29 is 23.7 Å². The number of nitrogen functional groups attached to an aromatic ring is 1. The number of carbonyl (C=O) groups excluding carboxylic acids is 1. The summed E-state index contributed by atoms with van der Waals surface area (Å²) in [6.07, 6.45) is 12.3. The number of hydrogen-bond donors (Lipinski definition) is 3. The molecule has 1 saturated heterocycles. The lowest BCUT2D eigenvalue weighted by Crippen LogP contribution is -2.50. The number of ether oxygens (including phenoxy) is 4. The van der Waals surface area contributed by atoms with Crippen molar-refractivity contribution >= 4 is 34.1 Å². The van der Waals surface area contributed by atoms with Crippen LogP contribution in [0.2, 0.25) is 0 Å². The quantitative estimate of drug-likeness (QED) is 0.101. The van der Waals surface area contributed by atoms with Gasteiger partial charge in [0, 0.05) is 55.8 Å². The molecule has 312 valence electrons. The Bertz CT molecular complexity index is 2080. The van der Waals surface area contributed by atoms with Gasteiger partial charge in [-0.15, -0.1) is 0 Å². The third kappa shape index (κ3) is 8.51. The summed E-state index contributed by atoms with van der Waals surface area (Å²) in [6.45, 7) is 13.2. The van der Waals surface area contributed by atoms with Gasteiger partial charge in [0.2, 0.25) is 5.91 Å². The Hall–Kier alpha value is -4.39. The standard InChI is InChI=1S/C46H63N7O5/c1-45(2,3)32-13-15-36(47)37(22-32)51-40(54)16-11-29-19-33(20-29)52(25-28-9-8-10-28)26-31-21-38(42-41(31)57-46(4,5)58-42)53-18-17-35-43(49-27-50-44(35)53)48-24-30-12-14-34(55-6)23-39(30)56-7/h12-15,17-18,22-23,27-29,31,33,38,41-42H,8-11,16,19-21,24-26,47H2,1-7H3,(H,51,54)(H,48,49,50). The molecule has 4 aromatic rings. The van der Waals surface area contributed by atoms with Crippen molar-refractivity contribution in [3.8, 4) is 11.5 Å². The molecule has 12 nitrogen and oxygen atoms in total. The van der Waals surface area contributed by atoms with Gasteiger partial charge in [0.15, 0.2) is 5.79 Å². The molecule has 3 heterocycles. The minimum absolute atomic E-state index is 0.00731. The molecule has 4 fully saturated rings. The fourth-order valence-corrected chi connectivity index (χ4v) is 9.66. The Morgan fingerprint density at radius 3 is 2.50 bits per heavy atom. The third-order valence-corrected chi connectivity index (χ3v) is 13.2. The average Bonchev–Trinajstić information content (AvgIpc) is 3.82. The molecular weight excluding hydrogens is 731 g/mol. The summed E-state index contributed by atoms with van der Waals surface area (Å²) in [5, 5.41) is 7.61. The number of carbonyl (C=O) groups is 1. The summed E-state index contributed by atoms with van der Waals surface area (Å²) in [6, 6.07) is 14.5. The highest BCUT2D eigenvalue weighted by Gasteiger charge is 2.55. The number of benzene rings is 2. The van der Waals surface area contributed by atoms with Crippen molar-refractivity contribution in [2.75, 3.05) is 43.7 Å². The van der Waals surface area contributed by atoms with Crippen LogP contribution in [0.15, 0.2) is 55.0 Å². The molecule has 1 aliphatic heterocycles. The second-order valence-corrected chi connectivity index (χ2v) is 18.7. The molecule has 3 saturated carbocycles. The molecule has 4 N–H and O–H groups in total. The predicted molar refractivity (Wildman–Crippen MR) is 228 cm³/mol. The molecule has 4 unspecified atom stereocenters. The van der Waals surface area contributed by atoms with Gasteiger partial charge in [0.05, 0.1) is 43.1 Å². The van der Waals surface area contributed by atoms with Crippen molar-refractivity contribution in [1.82, 2.24) is 19.4 Å². The molecule has 3 aliphatic carbocycles. The first-order valence-corrected chi connectivity index (χ1v) is 21.3. The van der Waals surface area contributed by atoms with Crippen LogP contribution in [-0.4, -0.2) is 76.7 Å². The lowest BCUT2D eigenvalue weighted by molar-refractivity contribution is -0.161. The first-order valence-electron chi connectivity index (χ1n) is 21.3. The fourth-order valence-electron chi connectivity index (χ4n) is 9.66. The maximum absolute atomic E-state index is 13.1. The van der Waals surface area contributed by atoms with E-state index in [1.54, 1.807) is 20.5 Å². The van der Waals surface area contributed by atoms with E-state index < -0.39 is 5.79 Å². The summed E-state index contributed by atoms with van der Waals surface area (Å²) >= 11 is 0. The van der Waals surface area contributed by atoms with Crippen LogP contribution >= 0.6 is 0 Å².